The molecule has 2 unspecified atom stereocenters. The zero-order valence-corrected chi connectivity index (χ0v) is 13.5. The summed E-state index contributed by atoms with van der Waals surface area (Å²) in [5.74, 6) is 0.753. The molecule has 1 N–H and O–H groups in total. The fourth-order valence-corrected chi connectivity index (χ4v) is 2.96. The van der Waals surface area contributed by atoms with Crippen LogP contribution in [0, 0.1) is 18.8 Å². The van der Waals surface area contributed by atoms with E-state index in [1.165, 1.54) is 0 Å². The van der Waals surface area contributed by atoms with Crippen LogP contribution in [0.4, 0.5) is 0 Å². The first-order chi connectivity index (χ1) is 9.93. The Morgan fingerprint density at radius 2 is 2.19 bits per heavy atom. The Balaban J connectivity index is 2.17. The van der Waals surface area contributed by atoms with E-state index in [9.17, 15) is 9.90 Å². The van der Waals surface area contributed by atoms with Gasteiger partial charge in [0.1, 0.15) is 0 Å². The summed E-state index contributed by atoms with van der Waals surface area (Å²) in [6.45, 7) is 9.95. The van der Waals surface area contributed by atoms with Crippen molar-refractivity contribution in [3.05, 3.63) is 17.5 Å². The van der Waals surface area contributed by atoms with E-state index in [0.29, 0.717) is 18.0 Å². The van der Waals surface area contributed by atoms with E-state index in [2.05, 4.69) is 25.9 Å². The summed E-state index contributed by atoms with van der Waals surface area (Å²) >= 11 is 0. The number of piperidine rings is 1. The largest absolute Gasteiger partial charge is 0.396 e. The van der Waals surface area contributed by atoms with E-state index in [1.807, 2.05) is 16.5 Å². The number of carbonyl (C=O) groups is 1. The molecule has 1 aromatic rings. The van der Waals surface area contributed by atoms with Gasteiger partial charge in [-0.25, -0.2) is 0 Å². The average Bonchev–Trinajstić information content (AvgIpc) is 2.79. The number of likely N-dealkylation sites (tertiary alicyclic amines) is 1. The maximum atomic E-state index is 12.8. The molecule has 0 aliphatic carbocycles. The van der Waals surface area contributed by atoms with Gasteiger partial charge in [-0.3, -0.25) is 9.48 Å². The summed E-state index contributed by atoms with van der Waals surface area (Å²) in [6, 6.07) is 0.230. The topological polar surface area (TPSA) is 58.4 Å². The van der Waals surface area contributed by atoms with Crippen molar-refractivity contribution >= 4 is 5.91 Å². The predicted octanol–water partition coefficient (Wildman–Crippen LogP) is 2.08. The summed E-state index contributed by atoms with van der Waals surface area (Å²) < 4.78 is 1.91. The van der Waals surface area contributed by atoms with Crippen LogP contribution in [0.25, 0.3) is 0 Å². The molecule has 1 aromatic heterocycles. The van der Waals surface area contributed by atoms with E-state index in [4.69, 9.17) is 0 Å². The summed E-state index contributed by atoms with van der Waals surface area (Å²) in [7, 11) is 0. The van der Waals surface area contributed by atoms with Crippen molar-refractivity contribution in [1.29, 1.82) is 0 Å². The maximum absolute atomic E-state index is 12.8. The zero-order valence-electron chi connectivity index (χ0n) is 13.5. The third-order valence-electron chi connectivity index (χ3n) is 4.37. The van der Waals surface area contributed by atoms with Gasteiger partial charge in [0.2, 0.25) is 0 Å². The molecular weight excluding hydrogens is 266 g/mol. The lowest BCUT2D eigenvalue weighted by Crippen LogP contribution is -2.46. The first kappa shape index (κ1) is 16.0. The molecule has 1 amide bonds. The van der Waals surface area contributed by atoms with Gasteiger partial charge in [-0.15, -0.1) is 0 Å². The van der Waals surface area contributed by atoms with Crippen LogP contribution in [0.15, 0.2) is 6.20 Å². The molecule has 0 saturated carbocycles. The van der Waals surface area contributed by atoms with Gasteiger partial charge in [0, 0.05) is 31.4 Å². The van der Waals surface area contributed by atoms with Gasteiger partial charge in [0.05, 0.1) is 11.8 Å². The molecule has 1 saturated heterocycles. The standard InChI is InChI=1S/C16H27N3O2/c1-11(2)8-19-13(4)15(7-17-19)16(21)18-9-14(10-20)6-5-12(18)3/h7,11-12,14,20H,5-6,8-10H2,1-4H3. The third kappa shape index (κ3) is 3.46. The number of nitrogens with zero attached hydrogens (tertiary/aromatic N) is 3. The second-order valence-electron chi connectivity index (χ2n) is 6.65. The second-order valence-corrected chi connectivity index (χ2v) is 6.65. The zero-order chi connectivity index (χ0) is 15.6. The number of hydrogen-bond acceptors (Lipinski definition) is 3. The molecule has 5 heteroatoms. The molecule has 0 spiro atoms. The molecule has 5 nitrogen and oxygen atoms in total. The summed E-state index contributed by atoms with van der Waals surface area (Å²) in [5, 5.41) is 13.7. The third-order valence-corrected chi connectivity index (χ3v) is 4.37. The van der Waals surface area contributed by atoms with Crippen LogP contribution < -0.4 is 0 Å². The van der Waals surface area contributed by atoms with E-state index in [-0.39, 0.29) is 24.5 Å². The molecule has 21 heavy (non-hydrogen) atoms. The van der Waals surface area contributed by atoms with E-state index < -0.39 is 0 Å². The molecular formula is C16H27N3O2. The highest BCUT2D eigenvalue weighted by molar-refractivity contribution is 5.95. The normalized spacial score (nSPS) is 22.9. The number of aliphatic hydroxyl groups is 1. The molecule has 0 bridgehead atoms. The first-order valence-electron chi connectivity index (χ1n) is 7.88. The van der Waals surface area contributed by atoms with Crippen molar-refractivity contribution in [2.75, 3.05) is 13.2 Å². The summed E-state index contributed by atoms with van der Waals surface area (Å²) in [6.07, 6.45) is 3.64. The van der Waals surface area contributed by atoms with Gasteiger partial charge in [-0.05, 0) is 38.5 Å². The Hall–Kier alpha value is -1.36. The highest BCUT2D eigenvalue weighted by atomic mass is 16.3. The number of carbonyl (C=O) groups excluding carboxylic acids is 1. The minimum absolute atomic E-state index is 0.0492. The number of hydrogen-bond donors (Lipinski definition) is 1. The average molecular weight is 293 g/mol. The Bertz CT molecular complexity index is 496. The fourth-order valence-electron chi connectivity index (χ4n) is 2.96. The number of amides is 1. The van der Waals surface area contributed by atoms with Crippen LogP contribution in [0.1, 0.15) is 49.7 Å². The summed E-state index contributed by atoms with van der Waals surface area (Å²) in [4.78, 5) is 14.7. The van der Waals surface area contributed by atoms with E-state index >= 15 is 0 Å². The Morgan fingerprint density at radius 3 is 2.81 bits per heavy atom. The lowest BCUT2D eigenvalue weighted by atomic mass is 9.93. The molecule has 118 valence electrons. The number of aliphatic hydroxyl groups excluding tert-OH is 1. The van der Waals surface area contributed by atoms with E-state index in [0.717, 1.165) is 25.1 Å². The molecule has 1 aliphatic rings. The SMILES string of the molecule is Cc1c(C(=O)N2CC(CO)CCC2C)cnn1CC(C)C. The van der Waals surface area contributed by atoms with Crippen LogP contribution >= 0.6 is 0 Å². The summed E-state index contributed by atoms with van der Waals surface area (Å²) in [5.41, 5.74) is 1.63. The van der Waals surface area contributed by atoms with Gasteiger partial charge in [0.25, 0.3) is 5.91 Å². The monoisotopic (exact) mass is 293 g/mol. The van der Waals surface area contributed by atoms with Gasteiger partial charge in [-0.1, -0.05) is 13.8 Å². The molecule has 2 rings (SSSR count). The highest BCUT2D eigenvalue weighted by Gasteiger charge is 2.30. The Morgan fingerprint density at radius 1 is 1.48 bits per heavy atom. The molecule has 2 atom stereocenters. The Kier molecular flexibility index (Phi) is 5.04. The molecule has 1 fully saturated rings. The van der Waals surface area contributed by atoms with Crippen LogP contribution in [-0.4, -0.2) is 44.9 Å². The first-order valence-corrected chi connectivity index (χ1v) is 7.88. The van der Waals surface area contributed by atoms with Crippen molar-refractivity contribution < 1.29 is 9.90 Å². The smallest absolute Gasteiger partial charge is 0.257 e. The minimum atomic E-state index is 0.0492. The lowest BCUT2D eigenvalue weighted by Gasteiger charge is -2.37. The minimum Gasteiger partial charge on any atom is -0.396 e. The van der Waals surface area contributed by atoms with Crippen molar-refractivity contribution in [3.8, 4) is 0 Å². The van der Waals surface area contributed by atoms with Gasteiger partial charge in [0.15, 0.2) is 0 Å². The molecule has 0 radical (unpaired) electrons. The highest BCUT2D eigenvalue weighted by Crippen LogP contribution is 2.24. The molecule has 0 aromatic carbocycles. The van der Waals surface area contributed by atoms with Crippen molar-refractivity contribution in [2.45, 2.75) is 53.1 Å². The van der Waals surface area contributed by atoms with Gasteiger partial charge >= 0.3 is 0 Å². The molecule has 1 aliphatic heterocycles. The van der Waals surface area contributed by atoms with Gasteiger partial charge < -0.3 is 10.0 Å². The molecule has 2 heterocycles. The predicted molar refractivity (Wildman–Crippen MR) is 82.1 cm³/mol. The maximum Gasteiger partial charge on any atom is 0.257 e. The van der Waals surface area contributed by atoms with Gasteiger partial charge in [-0.2, -0.15) is 5.10 Å². The van der Waals surface area contributed by atoms with E-state index in [1.54, 1.807) is 6.20 Å². The van der Waals surface area contributed by atoms with Crippen LogP contribution in [0.2, 0.25) is 0 Å². The lowest BCUT2D eigenvalue weighted by molar-refractivity contribution is 0.0488. The van der Waals surface area contributed by atoms with Crippen LogP contribution in [0.5, 0.6) is 0 Å². The fraction of sp³-hybridized carbons (Fsp3) is 0.750. The van der Waals surface area contributed by atoms with Crippen LogP contribution in [0.3, 0.4) is 0 Å². The quantitative estimate of drug-likeness (QED) is 0.924. The van der Waals surface area contributed by atoms with Crippen LogP contribution in [-0.2, 0) is 6.54 Å². The van der Waals surface area contributed by atoms with Crippen molar-refractivity contribution in [1.82, 2.24) is 14.7 Å². The van der Waals surface area contributed by atoms with Crippen molar-refractivity contribution in [3.63, 3.8) is 0 Å². The second kappa shape index (κ2) is 6.60. The number of aromatic nitrogens is 2. The Labute approximate surface area is 126 Å². The van der Waals surface area contributed by atoms with Crippen molar-refractivity contribution in [2.24, 2.45) is 11.8 Å². The number of rotatable bonds is 4.